The average Bonchev–Trinajstić information content (AvgIpc) is 2.98. The Kier molecular flexibility index (Phi) is 4.83. The molecular weight excluding hydrogens is 347 g/mol. The van der Waals surface area contributed by atoms with Crippen LogP contribution in [0.5, 0.6) is 0 Å². The van der Waals surface area contributed by atoms with Crippen LogP contribution in [-0.2, 0) is 6.54 Å². The maximum Gasteiger partial charge on any atom is 0.258 e. The van der Waals surface area contributed by atoms with Crippen molar-refractivity contribution in [2.24, 2.45) is 0 Å². The highest BCUT2D eigenvalue weighted by molar-refractivity contribution is 6.35. The van der Waals surface area contributed by atoms with E-state index in [2.05, 4.69) is 15.4 Å². The number of rotatable bonds is 4. The lowest BCUT2D eigenvalue weighted by Crippen LogP contribution is -2.13. The lowest BCUT2D eigenvalue weighted by atomic mass is 10.1. The Morgan fingerprint density at radius 2 is 1.92 bits per heavy atom. The van der Waals surface area contributed by atoms with E-state index in [1.165, 1.54) is 6.33 Å². The standard InChI is InChI=1S/C17H14Cl2N4O/c1-11-2-4-12(5-3-11)16(24)21-17-20-10-23(22-17)9-13-6-7-14(18)8-15(13)19/h2-8,10H,9H2,1H3,(H,21,22,24). The Hall–Kier alpha value is -2.37. The number of amides is 1. The number of nitrogens with zero attached hydrogens (tertiary/aromatic N) is 3. The van der Waals surface area contributed by atoms with Gasteiger partial charge >= 0.3 is 0 Å². The molecular formula is C17H14Cl2N4O. The molecule has 0 spiro atoms. The molecule has 0 aliphatic heterocycles. The molecule has 1 heterocycles. The second-order valence-corrected chi connectivity index (χ2v) is 6.17. The van der Waals surface area contributed by atoms with Crippen molar-refractivity contribution in [1.82, 2.24) is 14.8 Å². The number of hydrogen-bond acceptors (Lipinski definition) is 3. The van der Waals surface area contributed by atoms with Gasteiger partial charge in [-0.05, 0) is 36.8 Å². The van der Waals surface area contributed by atoms with Crippen molar-refractivity contribution in [3.8, 4) is 0 Å². The summed E-state index contributed by atoms with van der Waals surface area (Å²) in [6, 6.07) is 12.5. The maximum absolute atomic E-state index is 12.1. The zero-order valence-electron chi connectivity index (χ0n) is 12.8. The van der Waals surface area contributed by atoms with Crippen LogP contribution >= 0.6 is 23.2 Å². The molecule has 122 valence electrons. The number of carbonyl (C=O) groups is 1. The van der Waals surface area contributed by atoms with Crippen LogP contribution in [0.1, 0.15) is 21.5 Å². The molecule has 0 saturated carbocycles. The second kappa shape index (κ2) is 7.03. The Bertz CT molecular complexity index is 875. The van der Waals surface area contributed by atoms with Crippen molar-refractivity contribution >= 4 is 35.1 Å². The first kappa shape index (κ1) is 16.5. The zero-order chi connectivity index (χ0) is 17.1. The third kappa shape index (κ3) is 3.93. The fraction of sp³-hybridized carbons (Fsp3) is 0.118. The van der Waals surface area contributed by atoms with Crippen LogP contribution < -0.4 is 5.32 Å². The van der Waals surface area contributed by atoms with Gasteiger partial charge in [0.2, 0.25) is 5.95 Å². The molecule has 0 atom stereocenters. The van der Waals surface area contributed by atoms with Crippen molar-refractivity contribution < 1.29 is 4.79 Å². The number of carbonyl (C=O) groups excluding carboxylic acids is 1. The number of aromatic nitrogens is 3. The molecule has 0 aliphatic rings. The van der Waals surface area contributed by atoms with Crippen LogP contribution in [-0.4, -0.2) is 20.7 Å². The first-order chi connectivity index (χ1) is 11.5. The molecule has 1 amide bonds. The van der Waals surface area contributed by atoms with E-state index in [1.807, 2.05) is 25.1 Å². The van der Waals surface area contributed by atoms with Gasteiger partial charge in [-0.3, -0.25) is 10.1 Å². The van der Waals surface area contributed by atoms with Crippen LogP contribution in [0.15, 0.2) is 48.8 Å². The molecule has 0 aliphatic carbocycles. The van der Waals surface area contributed by atoms with Crippen LogP contribution in [0.4, 0.5) is 5.95 Å². The molecule has 7 heteroatoms. The van der Waals surface area contributed by atoms with E-state index >= 15 is 0 Å². The smallest absolute Gasteiger partial charge is 0.258 e. The Balaban J connectivity index is 1.69. The summed E-state index contributed by atoms with van der Waals surface area (Å²) in [4.78, 5) is 16.2. The van der Waals surface area contributed by atoms with E-state index in [0.717, 1.165) is 11.1 Å². The number of anilines is 1. The normalized spacial score (nSPS) is 10.6. The van der Waals surface area contributed by atoms with Gasteiger partial charge in [0.05, 0.1) is 6.54 Å². The summed E-state index contributed by atoms with van der Waals surface area (Å²) >= 11 is 12.0. The number of aryl methyl sites for hydroxylation is 1. The Morgan fingerprint density at radius 3 is 2.62 bits per heavy atom. The number of benzene rings is 2. The van der Waals surface area contributed by atoms with Gasteiger partial charge in [-0.15, -0.1) is 5.10 Å². The van der Waals surface area contributed by atoms with Gasteiger partial charge in [-0.25, -0.2) is 9.67 Å². The minimum absolute atomic E-state index is 0.241. The molecule has 0 unspecified atom stereocenters. The van der Waals surface area contributed by atoms with Gasteiger partial charge in [-0.2, -0.15) is 0 Å². The first-order valence-corrected chi connectivity index (χ1v) is 7.98. The highest BCUT2D eigenvalue weighted by Crippen LogP contribution is 2.21. The van der Waals surface area contributed by atoms with E-state index in [4.69, 9.17) is 23.2 Å². The van der Waals surface area contributed by atoms with Crippen LogP contribution in [0.2, 0.25) is 10.0 Å². The lowest BCUT2D eigenvalue weighted by Gasteiger charge is -2.04. The third-order valence-electron chi connectivity index (χ3n) is 3.42. The van der Waals surface area contributed by atoms with Gasteiger partial charge in [0, 0.05) is 15.6 Å². The summed E-state index contributed by atoms with van der Waals surface area (Å²) in [6.07, 6.45) is 1.54. The van der Waals surface area contributed by atoms with E-state index in [-0.39, 0.29) is 11.9 Å². The maximum atomic E-state index is 12.1. The molecule has 2 aromatic carbocycles. The predicted octanol–water partition coefficient (Wildman–Crippen LogP) is 4.19. The van der Waals surface area contributed by atoms with Crippen molar-refractivity contribution in [3.05, 3.63) is 75.5 Å². The molecule has 5 nitrogen and oxygen atoms in total. The summed E-state index contributed by atoms with van der Waals surface area (Å²) in [5, 5.41) is 8.04. The summed E-state index contributed by atoms with van der Waals surface area (Å²) < 4.78 is 1.60. The van der Waals surface area contributed by atoms with E-state index in [0.29, 0.717) is 22.2 Å². The summed E-state index contributed by atoms with van der Waals surface area (Å²) in [6.45, 7) is 2.40. The number of hydrogen-bond donors (Lipinski definition) is 1. The lowest BCUT2D eigenvalue weighted by molar-refractivity contribution is 0.102. The molecule has 0 saturated heterocycles. The second-order valence-electron chi connectivity index (χ2n) is 5.32. The largest absolute Gasteiger partial charge is 0.289 e. The minimum Gasteiger partial charge on any atom is -0.289 e. The molecule has 0 radical (unpaired) electrons. The third-order valence-corrected chi connectivity index (χ3v) is 4.01. The summed E-state index contributed by atoms with van der Waals surface area (Å²) in [5.74, 6) is -0.0112. The Morgan fingerprint density at radius 1 is 1.17 bits per heavy atom. The van der Waals surface area contributed by atoms with Crippen LogP contribution in [0.25, 0.3) is 0 Å². The predicted molar refractivity (Wildman–Crippen MR) is 94.7 cm³/mol. The monoisotopic (exact) mass is 360 g/mol. The van der Waals surface area contributed by atoms with Gasteiger partial charge < -0.3 is 0 Å². The summed E-state index contributed by atoms with van der Waals surface area (Å²) in [5.41, 5.74) is 2.51. The van der Waals surface area contributed by atoms with Gasteiger partial charge in [0.15, 0.2) is 0 Å². The van der Waals surface area contributed by atoms with Crippen molar-refractivity contribution in [3.63, 3.8) is 0 Å². The molecule has 3 rings (SSSR count). The SMILES string of the molecule is Cc1ccc(C(=O)Nc2ncn(Cc3ccc(Cl)cc3Cl)n2)cc1. The van der Waals surface area contributed by atoms with Crippen molar-refractivity contribution in [2.45, 2.75) is 13.5 Å². The highest BCUT2D eigenvalue weighted by atomic mass is 35.5. The molecule has 24 heavy (non-hydrogen) atoms. The van der Waals surface area contributed by atoms with Crippen molar-refractivity contribution in [1.29, 1.82) is 0 Å². The van der Waals surface area contributed by atoms with Gasteiger partial charge in [-0.1, -0.05) is 47.0 Å². The zero-order valence-corrected chi connectivity index (χ0v) is 14.3. The van der Waals surface area contributed by atoms with Crippen LogP contribution in [0.3, 0.4) is 0 Å². The summed E-state index contributed by atoms with van der Waals surface area (Å²) in [7, 11) is 0. The molecule has 1 aromatic heterocycles. The number of nitrogens with one attached hydrogen (secondary N) is 1. The van der Waals surface area contributed by atoms with Crippen molar-refractivity contribution in [2.75, 3.05) is 5.32 Å². The van der Waals surface area contributed by atoms with Crippen LogP contribution in [0, 0.1) is 6.92 Å². The number of halogens is 2. The average molecular weight is 361 g/mol. The quantitative estimate of drug-likeness (QED) is 0.758. The van der Waals surface area contributed by atoms with Gasteiger partial charge in [0.1, 0.15) is 6.33 Å². The van der Waals surface area contributed by atoms with E-state index < -0.39 is 0 Å². The van der Waals surface area contributed by atoms with E-state index in [9.17, 15) is 4.79 Å². The minimum atomic E-state index is -0.253. The highest BCUT2D eigenvalue weighted by Gasteiger charge is 2.10. The first-order valence-electron chi connectivity index (χ1n) is 7.22. The fourth-order valence-corrected chi connectivity index (χ4v) is 2.60. The Labute approximate surface area is 149 Å². The molecule has 1 N–H and O–H groups in total. The molecule has 0 bridgehead atoms. The van der Waals surface area contributed by atoms with Gasteiger partial charge in [0.25, 0.3) is 5.91 Å². The fourth-order valence-electron chi connectivity index (χ4n) is 2.13. The molecule has 3 aromatic rings. The topological polar surface area (TPSA) is 59.8 Å². The van der Waals surface area contributed by atoms with E-state index in [1.54, 1.807) is 28.9 Å². The molecule has 0 fully saturated rings.